The van der Waals surface area contributed by atoms with Crippen LogP contribution in [0.2, 0.25) is 5.15 Å². The van der Waals surface area contributed by atoms with Crippen molar-refractivity contribution in [2.45, 2.75) is 0 Å². The molecule has 0 radical (unpaired) electrons. The molecule has 1 aliphatic rings. The fourth-order valence-electron chi connectivity index (χ4n) is 3.48. The van der Waals surface area contributed by atoms with Crippen LogP contribution in [-0.2, 0) is 4.79 Å². The minimum absolute atomic E-state index is 0.311. The largest absolute Gasteiger partial charge is 0.368 e. The molecule has 0 bridgehead atoms. The maximum Gasteiger partial charge on any atom is 0.145 e. The Balaban J connectivity index is 1.53. The van der Waals surface area contributed by atoms with Gasteiger partial charge in [-0.1, -0.05) is 40.6 Å². The van der Waals surface area contributed by atoms with E-state index < -0.39 is 0 Å². The highest BCUT2D eigenvalue weighted by molar-refractivity contribution is 6.36. The highest BCUT2D eigenvalue weighted by Crippen LogP contribution is 2.25. The Kier molecular flexibility index (Phi) is 7.84. The zero-order chi connectivity index (χ0) is 23.9. The van der Waals surface area contributed by atoms with Gasteiger partial charge in [-0.05, 0) is 37.4 Å². The minimum atomic E-state index is 0.311. The fourth-order valence-corrected chi connectivity index (χ4v) is 3.88. The van der Waals surface area contributed by atoms with Gasteiger partial charge in [-0.2, -0.15) is 0 Å². The van der Waals surface area contributed by atoms with E-state index >= 15 is 0 Å². The number of halogens is 2. The van der Waals surface area contributed by atoms with E-state index in [4.69, 9.17) is 23.2 Å². The molecular formula is C24H23Cl2N7O. The van der Waals surface area contributed by atoms with Crippen molar-refractivity contribution in [3.8, 4) is 11.3 Å². The summed E-state index contributed by atoms with van der Waals surface area (Å²) in [7, 11) is 2.12. The number of hydrogen-bond donors (Lipinski definition) is 0. The molecule has 0 unspecified atom stereocenters. The number of carbonyl (C=O) groups excluding carboxylic acids is 1. The Labute approximate surface area is 207 Å². The zero-order valence-corrected chi connectivity index (χ0v) is 20.1. The molecule has 0 saturated carbocycles. The molecule has 0 aliphatic carbocycles. The molecule has 0 aromatic carbocycles. The number of hydrogen-bond acceptors (Lipinski definition) is 7. The third-order valence-corrected chi connectivity index (χ3v) is 5.88. The van der Waals surface area contributed by atoms with E-state index in [0.717, 1.165) is 37.4 Å². The van der Waals surface area contributed by atoms with Crippen LogP contribution in [0.4, 0.5) is 5.69 Å². The number of anilines is 1. The molecule has 1 saturated heterocycles. The highest BCUT2D eigenvalue weighted by Gasteiger charge is 2.16. The van der Waals surface area contributed by atoms with Gasteiger partial charge in [0.2, 0.25) is 0 Å². The molecule has 4 rings (SSSR count). The van der Waals surface area contributed by atoms with Crippen LogP contribution >= 0.6 is 23.2 Å². The van der Waals surface area contributed by atoms with Crippen molar-refractivity contribution in [1.29, 1.82) is 0 Å². The van der Waals surface area contributed by atoms with Crippen LogP contribution in [-0.4, -0.2) is 69.4 Å². The molecule has 10 heteroatoms. The molecule has 4 heterocycles. The van der Waals surface area contributed by atoms with Crippen molar-refractivity contribution < 1.29 is 4.79 Å². The lowest BCUT2D eigenvalue weighted by Gasteiger charge is -2.33. The van der Waals surface area contributed by atoms with E-state index in [2.05, 4.69) is 37.1 Å². The second-order valence-corrected chi connectivity index (χ2v) is 8.51. The summed E-state index contributed by atoms with van der Waals surface area (Å²) < 4.78 is 1.47. The van der Waals surface area contributed by atoms with Crippen molar-refractivity contribution in [2.75, 3.05) is 38.1 Å². The molecule has 3 aromatic rings. The number of pyridine rings is 2. The van der Waals surface area contributed by atoms with Gasteiger partial charge in [0.25, 0.3) is 0 Å². The van der Waals surface area contributed by atoms with Crippen LogP contribution in [0.1, 0.15) is 5.69 Å². The van der Waals surface area contributed by atoms with Gasteiger partial charge in [0.1, 0.15) is 17.1 Å². The molecule has 0 spiro atoms. The van der Waals surface area contributed by atoms with Gasteiger partial charge in [0.05, 0.1) is 34.5 Å². The number of allylic oxidation sites excluding steroid dienone is 5. The quantitative estimate of drug-likeness (QED) is 0.212. The van der Waals surface area contributed by atoms with E-state index in [1.165, 1.54) is 10.8 Å². The Morgan fingerprint density at radius 2 is 1.94 bits per heavy atom. The fraction of sp³-hybridized carbons (Fsp3) is 0.208. The average Bonchev–Trinajstić information content (AvgIpc) is 3.33. The second-order valence-electron chi connectivity index (χ2n) is 7.72. The topological polar surface area (TPSA) is 80.0 Å². The van der Waals surface area contributed by atoms with Crippen LogP contribution < -0.4 is 4.90 Å². The third-order valence-electron chi connectivity index (χ3n) is 5.35. The highest BCUT2D eigenvalue weighted by atomic mass is 35.5. The second kappa shape index (κ2) is 11.2. The summed E-state index contributed by atoms with van der Waals surface area (Å²) in [6, 6.07) is 7.38. The molecule has 1 fully saturated rings. The molecule has 0 atom stereocenters. The summed E-state index contributed by atoms with van der Waals surface area (Å²) in [6.45, 7) is 3.90. The third kappa shape index (κ3) is 5.96. The molecule has 3 aromatic heterocycles. The average molecular weight is 496 g/mol. The van der Waals surface area contributed by atoms with Gasteiger partial charge >= 0.3 is 0 Å². The lowest BCUT2D eigenvalue weighted by Crippen LogP contribution is -2.44. The van der Waals surface area contributed by atoms with Crippen molar-refractivity contribution in [2.24, 2.45) is 0 Å². The van der Waals surface area contributed by atoms with Crippen LogP contribution in [0.15, 0.2) is 66.1 Å². The maximum atomic E-state index is 11.3. The van der Waals surface area contributed by atoms with E-state index in [1.807, 2.05) is 24.4 Å². The summed E-state index contributed by atoms with van der Waals surface area (Å²) in [6.07, 6.45) is 12.4. The summed E-state index contributed by atoms with van der Waals surface area (Å²) in [5, 5.41) is 9.16. The van der Waals surface area contributed by atoms with Gasteiger partial charge in [0, 0.05) is 44.0 Å². The molecule has 8 nitrogen and oxygen atoms in total. The van der Waals surface area contributed by atoms with Crippen molar-refractivity contribution in [3.05, 3.63) is 77.0 Å². The van der Waals surface area contributed by atoms with Crippen LogP contribution in [0, 0.1) is 0 Å². The van der Waals surface area contributed by atoms with Gasteiger partial charge < -0.3 is 9.80 Å². The summed E-state index contributed by atoms with van der Waals surface area (Å²) in [5.41, 5.74) is 3.58. The number of nitrogens with zero attached hydrogens (tertiary/aromatic N) is 7. The Morgan fingerprint density at radius 3 is 2.71 bits per heavy atom. The van der Waals surface area contributed by atoms with Crippen LogP contribution in [0.3, 0.4) is 0 Å². The number of piperazine rings is 1. The smallest absolute Gasteiger partial charge is 0.145 e. The SMILES string of the molecule is CN1CCN(c2cncc(-c3cn(C(=C/C=O)/C(Cl)=C\C=C\c4cccc(Cl)n4)nn3)c2)CC1. The molecule has 0 amide bonds. The monoisotopic (exact) mass is 495 g/mol. The molecule has 174 valence electrons. The number of aromatic nitrogens is 5. The molecule has 0 N–H and O–H groups in total. The molecular weight excluding hydrogens is 473 g/mol. The van der Waals surface area contributed by atoms with Crippen molar-refractivity contribution in [3.63, 3.8) is 0 Å². The van der Waals surface area contributed by atoms with Gasteiger partial charge in [0.15, 0.2) is 0 Å². The van der Waals surface area contributed by atoms with Crippen molar-refractivity contribution >= 4 is 46.9 Å². The first kappa shape index (κ1) is 23.8. The first-order chi connectivity index (χ1) is 16.5. The van der Waals surface area contributed by atoms with Gasteiger partial charge in [-0.3, -0.25) is 9.78 Å². The summed E-state index contributed by atoms with van der Waals surface area (Å²) in [5.74, 6) is 0. The Morgan fingerprint density at radius 1 is 1.12 bits per heavy atom. The maximum absolute atomic E-state index is 11.3. The molecule has 1 aliphatic heterocycles. The Bertz CT molecular complexity index is 1240. The summed E-state index contributed by atoms with van der Waals surface area (Å²) >= 11 is 12.4. The van der Waals surface area contributed by atoms with Crippen LogP contribution in [0.25, 0.3) is 23.0 Å². The zero-order valence-electron chi connectivity index (χ0n) is 18.6. The van der Waals surface area contributed by atoms with Gasteiger partial charge in [-0.25, -0.2) is 9.67 Å². The number of likely N-dealkylation sites (N-methyl/N-ethyl adjacent to an activating group) is 1. The molecule has 34 heavy (non-hydrogen) atoms. The van der Waals surface area contributed by atoms with Crippen molar-refractivity contribution in [1.82, 2.24) is 29.9 Å². The number of aldehydes is 1. The predicted octanol–water partition coefficient (Wildman–Crippen LogP) is 4.02. The normalized spacial score (nSPS) is 15.8. The van der Waals surface area contributed by atoms with E-state index in [0.29, 0.717) is 33.6 Å². The number of carbonyl (C=O) groups is 1. The standard InChI is InChI=1S/C24H23Cl2N7O/c1-31-9-11-32(12-10-31)20-14-18(15-27-16-20)22-17-33(30-29-22)23(8-13-34)21(25)6-2-4-19-5-3-7-24(26)28-19/h2-8,13-17H,9-12H2,1H3/b4-2+,21-6+,23-8+. The number of rotatable bonds is 7. The lowest BCUT2D eigenvalue weighted by molar-refractivity contribution is -0.104. The van der Waals surface area contributed by atoms with E-state index in [9.17, 15) is 4.79 Å². The lowest BCUT2D eigenvalue weighted by atomic mass is 10.2. The van der Waals surface area contributed by atoms with Crippen LogP contribution in [0.5, 0.6) is 0 Å². The first-order valence-electron chi connectivity index (χ1n) is 10.7. The first-order valence-corrected chi connectivity index (χ1v) is 11.4. The minimum Gasteiger partial charge on any atom is -0.368 e. The predicted molar refractivity (Wildman–Crippen MR) is 136 cm³/mol. The summed E-state index contributed by atoms with van der Waals surface area (Å²) in [4.78, 5) is 24.4. The van der Waals surface area contributed by atoms with E-state index in [-0.39, 0.29) is 0 Å². The Hall–Kier alpha value is -3.33. The van der Waals surface area contributed by atoms with E-state index in [1.54, 1.807) is 36.7 Å². The van der Waals surface area contributed by atoms with Gasteiger partial charge in [-0.15, -0.1) is 5.10 Å².